The van der Waals surface area contributed by atoms with Crippen LogP contribution >= 0.6 is 11.3 Å². The predicted octanol–water partition coefficient (Wildman–Crippen LogP) is 1.63. The van der Waals surface area contributed by atoms with Crippen LogP contribution in [0.25, 0.3) is 10.2 Å². The lowest BCUT2D eigenvalue weighted by molar-refractivity contribution is 0.0458. The van der Waals surface area contributed by atoms with E-state index in [-0.39, 0.29) is 17.4 Å². The van der Waals surface area contributed by atoms with E-state index >= 15 is 0 Å². The molecule has 3 aromatic rings. The van der Waals surface area contributed by atoms with Gasteiger partial charge in [0.25, 0.3) is 11.5 Å². The fourth-order valence-electron chi connectivity index (χ4n) is 2.79. The zero-order valence-electron chi connectivity index (χ0n) is 12.3. The Hall–Kier alpha value is -2.54. The van der Waals surface area contributed by atoms with Crippen LogP contribution in [0, 0.1) is 5.92 Å². The number of benzene rings is 1. The van der Waals surface area contributed by atoms with Crippen molar-refractivity contribution in [3.05, 3.63) is 58.0 Å². The highest BCUT2D eigenvalue weighted by atomic mass is 32.1. The second kappa shape index (κ2) is 5.58. The van der Waals surface area contributed by atoms with Gasteiger partial charge >= 0.3 is 0 Å². The summed E-state index contributed by atoms with van der Waals surface area (Å²) in [5.74, 6) is 0.309. The number of nitrogens with zero attached hydrogens (tertiary/aromatic N) is 4. The molecule has 0 saturated carbocycles. The van der Waals surface area contributed by atoms with Gasteiger partial charge in [-0.1, -0.05) is 0 Å². The van der Waals surface area contributed by atoms with E-state index in [9.17, 15) is 9.59 Å². The number of fused-ring (bicyclic) bond motifs is 1. The fraction of sp³-hybridized carbons (Fsp3) is 0.250. The number of hydrogen-bond acceptors (Lipinski definition) is 5. The highest BCUT2D eigenvalue weighted by molar-refractivity contribution is 7.16. The summed E-state index contributed by atoms with van der Waals surface area (Å²) in [4.78, 5) is 30.2. The summed E-state index contributed by atoms with van der Waals surface area (Å²) < 4.78 is 2.48. The molecule has 1 amide bonds. The third-order valence-corrected chi connectivity index (χ3v) is 4.83. The number of aromatic nitrogens is 3. The van der Waals surface area contributed by atoms with Gasteiger partial charge in [0.05, 0.1) is 22.3 Å². The molecule has 6 nitrogen and oxygen atoms in total. The Kier molecular flexibility index (Phi) is 3.42. The van der Waals surface area contributed by atoms with Crippen LogP contribution in [0.5, 0.6) is 0 Å². The van der Waals surface area contributed by atoms with Gasteiger partial charge in [0.1, 0.15) is 0 Å². The first-order valence-corrected chi connectivity index (χ1v) is 8.23. The Morgan fingerprint density at radius 2 is 2.17 bits per heavy atom. The molecule has 0 aliphatic carbocycles. The van der Waals surface area contributed by atoms with Crippen molar-refractivity contribution in [1.29, 1.82) is 0 Å². The van der Waals surface area contributed by atoms with Crippen molar-refractivity contribution in [3.63, 3.8) is 0 Å². The van der Waals surface area contributed by atoms with Crippen LogP contribution in [0.3, 0.4) is 0 Å². The molecular formula is C16H14N4O2S. The molecule has 1 aliphatic heterocycles. The lowest BCUT2D eigenvalue weighted by Gasteiger charge is -2.39. The molecule has 1 aromatic carbocycles. The van der Waals surface area contributed by atoms with Crippen molar-refractivity contribution >= 4 is 27.5 Å². The third kappa shape index (κ3) is 2.63. The normalized spacial score (nSPS) is 14.9. The molecule has 3 heterocycles. The highest BCUT2D eigenvalue weighted by Crippen LogP contribution is 2.23. The van der Waals surface area contributed by atoms with Gasteiger partial charge in [-0.3, -0.25) is 9.59 Å². The van der Waals surface area contributed by atoms with Crippen molar-refractivity contribution in [3.8, 4) is 0 Å². The molecule has 2 aromatic heterocycles. The van der Waals surface area contributed by atoms with E-state index in [2.05, 4.69) is 10.1 Å². The van der Waals surface area contributed by atoms with Gasteiger partial charge in [-0.15, -0.1) is 11.3 Å². The number of thiazole rings is 1. The average Bonchev–Trinajstić information content (AvgIpc) is 2.99. The van der Waals surface area contributed by atoms with E-state index in [0.29, 0.717) is 25.2 Å². The Balaban J connectivity index is 1.42. The molecule has 0 N–H and O–H groups in total. The number of carbonyl (C=O) groups is 1. The van der Waals surface area contributed by atoms with Crippen LogP contribution in [0.4, 0.5) is 0 Å². The van der Waals surface area contributed by atoms with Crippen LogP contribution < -0.4 is 5.56 Å². The fourth-order valence-corrected chi connectivity index (χ4v) is 3.51. The van der Waals surface area contributed by atoms with Gasteiger partial charge in [0, 0.05) is 36.8 Å². The molecule has 0 radical (unpaired) electrons. The molecule has 0 spiro atoms. The second-order valence-electron chi connectivity index (χ2n) is 5.66. The maximum Gasteiger partial charge on any atom is 0.266 e. The summed E-state index contributed by atoms with van der Waals surface area (Å²) in [6.07, 6.45) is 1.60. The summed E-state index contributed by atoms with van der Waals surface area (Å²) in [5.41, 5.74) is 3.29. The molecule has 0 atom stereocenters. The van der Waals surface area contributed by atoms with Gasteiger partial charge in [-0.2, -0.15) is 5.10 Å². The van der Waals surface area contributed by atoms with E-state index in [1.807, 2.05) is 18.2 Å². The van der Waals surface area contributed by atoms with Crippen molar-refractivity contribution in [2.45, 2.75) is 6.54 Å². The maximum absolute atomic E-state index is 12.5. The smallest absolute Gasteiger partial charge is 0.266 e. The summed E-state index contributed by atoms with van der Waals surface area (Å²) >= 11 is 1.53. The van der Waals surface area contributed by atoms with Crippen LogP contribution in [-0.2, 0) is 6.54 Å². The molecule has 116 valence electrons. The molecule has 4 rings (SSSR count). The van der Waals surface area contributed by atoms with Crippen LogP contribution in [0.2, 0.25) is 0 Å². The molecule has 1 saturated heterocycles. The molecule has 0 bridgehead atoms. The highest BCUT2D eigenvalue weighted by Gasteiger charge is 2.31. The van der Waals surface area contributed by atoms with E-state index in [0.717, 1.165) is 10.2 Å². The first-order valence-electron chi connectivity index (χ1n) is 7.35. The van der Waals surface area contributed by atoms with Crippen LogP contribution in [0.1, 0.15) is 10.4 Å². The van der Waals surface area contributed by atoms with Gasteiger partial charge < -0.3 is 4.90 Å². The van der Waals surface area contributed by atoms with Gasteiger partial charge in [0.15, 0.2) is 0 Å². The Bertz CT molecular complexity index is 927. The molecule has 7 heteroatoms. The zero-order valence-corrected chi connectivity index (χ0v) is 13.1. The van der Waals surface area contributed by atoms with E-state index < -0.39 is 0 Å². The minimum atomic E-state index is -0.104. The minimum absolute atomic E-state index is 0.0323. The number of hydrogen-bond donors (Lipinski definition) is 0. The summed E-state index contributed by atoms with van der Waals surface area (Å²) in [5, 5.41) is 4.05. The average molecular weight is 326 g/mol. The molecule has 0 unspecified atom stereocenters. The first-order chi connectivity index (χ1) is 11.2. The molecule has 1 aliphatic rings. The SMILES string of the molecule is O=C(c1ccc2ncsc2c1)N1CC(Cn2ncccc2=O)C1. The first kappa shape index (κ1) is 14.1. The summed E-state index contributed by atoms with van der Waals surface area (Å²) in [6, 6.07) is 8.72. The summed E-state index contributed by atoms with van der Waals surface area (Å²) in [6.45, 7) is 1.86. The molecule has 1 fully saturated rings. The quantitative estimate of drug-likeness (QED) is 0.733. The lowest BCUT2D eigenvalue weighted by atomic mass is 9.99. The van der Waals surface area contributed by atoms with Gasteiger partial charge in [0.2, 0.25) is 0 Å². The maximum atomic E-state index is 12.5. The number of rotatable bonds is 3. The van der Waals surface area contributed by atoms with E-state index in [1.54, 1.807) is 22.7 Å². The second-order valence-corrected chi connectivity index (χ2v) is 6.54. The Labute approximate surface area is 136 Å². The number of carbonyl (C=O) groups excluding carboxylic acids is 1. The minimum Gasteiger partial charge on any atom is -0.338 e. The van der Waals surface area contributed by atoms with Crippen molar-refractivity contribution in [1.82, 2.24) is 19.7 Å². The van der Waals surface area contributed by atoms with Crippen LogP contribution in [-0.4, -0.2) is 38.7 Å². The third-order valence-electron chi connectivity index (χ3n) is 4.04. The van der Waals surface area contributed by atoms with Gasteiger partial charge in [-0.05, 0) is 24.3 Å². The van der Waals surface area contributed by atoms with Crippen molar-refractivity contribution < 1.29 is 4.79 Å². The van der Waals surface area contributed by atoms with Crippen molar-refractivity contribution in [2.75, 3.05) is 13.1 Å². The molecule has 23 heavy (non-hydrogen) atoms. The summed E-state index contributed by atoms with van der Waals surface area (Å²) in [7, 11) is 0. The Morgan fingerprint density at radius 1 is 1.30 bits per heavy atom. The van der Waals surface area contributed by atoms with Gasteiger partial charge in [-0.25, -0.2) is 9.67 Å². The van der Waals surface area contributed by atoms with Crippen molar-refractivity contribution in [2.24, 2.45) is 5.92 Å². The largest absolute Gasteiger partial charge is 0.338 e. The molecular weight excluding hydrogens is 312 g/mol. The number of amides is 1. The standard InChI is InChI=1S/C16H14N4O2S/c21-15-2-1-5-18-20(15)9-11-7-19(8-11)16(22)12-3-4-13-14(6-12)23-10-17-13/h1-6,10-11H,7-9H2. The van der Waals surface area contributed by atoms with E-state index in [1.165, 1.54) is 22.1 Å². The zero-order chi connectivity index (χ0) is 15.8. The Morgan fingerprint density at radius 3 is 3.00 bits per heavy atom. The van der Waals surface area contributed by atoms with Crippen LogP contribution in [0.15, 0.2) is 46.8 Å². The number of likely N-dealkylation sites (tertiary alicyclic amines) is 1. The van der Waals surface area contributed by atoms with E-state index in [4.69, 9.17) is 0 Å². The predicted molar refractivity (Wildman–Crippen MR) is 87.5 cm³/mol. The topological polar surface area (TPSA) is 68.1 Å². The monoisotopic (exact) mass is 326 g/mol. The lowest BCUT2D eigenvalue weighted by Crippen LogP contribution is -2.52.